The highest BCUT2D eigenvalue weighted by molar-refractivity contribution is 7.51. The normalized spacial score (nSPS) is 16.1. The van der Waals surface area contributed by atoms with E-state index in [4.69, 9.17) is 26.6 Å². The maximum absolute atomic E-state index is 12.4. The topological polar surface area (TPSA) is 53.2 Å². The van der Waals surface area contributed by atoms with E-state index in [2.05, 4.69) is 0 Å². The first-order valence-corrected chi connectivity index (χ1v) is 17.1. The van der Waals surface area contributed by atoms with Crippen molar-refractivity contribution in [2.24, 2.45) is 0 Å². The Kier molecular flexibility index (Phi) is 4.15. The maximum Gasteiger partial charge on any atom is 0.333 e. The second-order valence-electron chi connectivity index (χ2n) is 5.99. The van der Waals surface area contributed by atoms with Gasteiger partial charge in [-0.2, -0.15) is 22.2 Å². The lowest BCUT2D eigenvalue weighted by Gasteiger charge is -2.16. The fraction of sp³-hybridized carbons (Fsp3) is 0.600. The molecule has 0 aliphatic carbocycles. The average Bonchev–Trinajstić information content (AvgIpc) is 2.66. The van der Waals surface area contributed by atoms with E-state index < -0.39 is 22.8 Å². The first kappa shape index (κ1) is 16.1. The zero-order valence-electron chi connectivity index (χ0n) is 11.9. The SMILES string of the molecule is C[Si](C)(Cl)Cn1c(=O)cc2n(c1=O)C[Si]([Si](C)(C)Cl)O2. The fourth-order valence-electron chi connectivity index (χ4n) is 1.96. The highest BCUT2D eigenvalue weighted by atomic mass is 35.6. The van der Waals surface area contributed by atoms with Gasteiger partial charge in [-0.25, -0.2) is 4.79 Å². The van der Waals surface area contributed by atoms with Gasteiger partial charge in [0.1, 0.15) is 0 Å². The zero-order chi connectivity index (χ0) is 15.3. The van der Waals surface area contributed by atoms with Crippen LogP contribution >= 0.6 is 22.2 Å². The van der Waals surface area contributed by atoms with Crippen LogP contribution in [0.5, 0.6) is 5.88 Å². The molecule has 2 rings (SSSR count). The van der Waals surface area contributed by atoms with E-state index >= 15 is 0 Å². The van der Waals surface area contributed by atoms with Gasteiger partial charge < -0.3 is 4.43 Å². The van der Waals surface area contributed by atoms with Crippen LogP contribution < -0.4 is 15.7 Å². The lowest BCUT2D eigenvalue weighted by atomic mass is 10.6. The Labute approximate surface area is 130 Å². The number of aromatic nitrogens is 2. The molecule has 0 amide bonds. The van der Waals surface area contributed by atoms with Crippen LogP contribution in [0.15, 0.2) is 15.7 Å². The summed E-state index contributed by atoms with van der Waals surface area (Å²) in [5.41, 5.74) is -0.677. The molecule has 0 N–H and O–H groups in total. The number of hydrogen-bond acceptors (Lipinski definition) is 3. The zero-order valence-corrected chi connectivity index (χ0v) is 16.4. The molecule has 0 bridgehead atoms. The van der Waals surface area contributed by atoms with Crippen LogP contribution in [0, 0.1) is 0 Å². The van der Waals surface area contributed by atoms with Gasteiger partial charge in [-0.3, -0.25) is 13.9 Å². The van der Waals surface area contributed by atoms with Gasteiger partial charge in [-0.1, -0.05) is 26.2 Å². The molecule has 0 spiro atoms. The molecule has 2 heterocycles. The highest BCUT2D eigenvalue weighted by Gasteiger charge is 2.42. The smallest absolute Gasteiger partial charge is 0.333 e. The van der Waals surface area contributed by atoms with Crippen LogP contribution in [0.2, 0.25) is 26.2 Å². The van der Waals surface area contributed by atoms with Crippen LogP contribution in [0.1, 0.15) is 0 Å². The molecule has 1 aliphatic heterocycles. The first-order chi connectivity index (χ1) is 8.99. The summed E-state index contributed by atoms with van der Waals surface area (Å²) in [5.74, 6) is 0.361. The molecular formula is C10H17Cl2N2O3Si3. The summed E-state index contributed by atoms with van der Waals surface area (Å²) in [4.78, 5) is 24.5. The van der Waals surface area contributed by atoms with Crippen LogP contribution in [-0.2, 0) is 12.3 Å². The largest absolute Gasteiger partial charge is 0.530 e. The van der Waals surface area contributed by atoms with Crippen molar-refractivity contribution in [2.45, 2.75) is 38.5 Å². The van der Waals surface area contributed by atoms with E-state index in [-0.39, 0.29) is 11.2 Å². The second-order valence-corrected chi connectivity index (χ2v) is 26.3. The summed E-state index contributed by atoms with van der Waals surface area (Å²) in [7, 11) is -3.36. The van der Waals surface area contributed by atoms with Crippen LogP contribution in [0.4, 0.5) is 0 Å². The molecule has 0 fully saturated rings. The number of fused-ring (bicyclic) bond motifs is 1. The number of rotatable bonds is 3. The minimum Gasteiger partial charge on any atom is -0.530 e. The van der Waals surface area contributed by atoms with Crippen molar-refractivity contribution in [3.05, 3.63) is 26.9 Å². The summed E-state index contributed by atoms with van der Waals surface area (Å²) in [5, 5.41) is 0. The third-order valence-electron chi connectivity index (χ3n) is 2.97. The first-order valence-electron chi connectivity index (χ1n) is 6.26. The molecule has 10 heteroatoms. The van der Waals surface area contributed by atoms with E-state index in [0.29, 0.717) is 18.2 Å². The summed E-state index contributed by atoms with van der Waals surface area (Å²) < 4.78 is 8.53. The summed E-state index contributed by atoms with van der Waals surface area (Å²) in [6.45, 7) is 5.84. The Morgan fingerprint density at radius 1 is 1.30 bits per heavy atom. The predicted octanol–water partition coefficient (Wildman–Crippen LogP) is 1.44. The van der Waals surface area contributed by atoms with Crippen LogP contribution in [0.25, 0.3) is 0 Å². The Hall–Kier alpha value is -0.289. The Bertz CT molecular complexity index is 645. The Morgan fingerprint density at radius 3 is 2.40 bits per heavy atom. The van der Waals surface area contributed by atoms with Crippen molar-refractivity contribution in [3.8, 4) is 5.88 Å². The third-order valence-corrected chi connectivity index (χ3v) is 13.4. The van der Waals surface area contributed by atoms with E-state index in [1.807, 2.05) is 26.2 Å². The van der Waals surface area contributed by atoms with Crippen LogP contribution in [-0.4, -0.2) is 32.0 Å². The molecule has 20 heavy (non-hydrogen) atoms. The minimum absolute atomic E-state index is 0.302. The van der Waals surface area contributed by atoms with Gasteiger partial charge in [0, 0.05) is 6.17 Å². The molecule has 0 atom stereocenters. The van der Waals surface area contributed by atoms with E-state index in [9.17, 15) is 9.59 Å². The number of hydrogen-bond donors (Lipinski definition) is 0. The average molecular weight is 368 g/mol. The Morgan fingerprint density at radius 2 is 1.90 bits per heavy atom. The van der Waals surface area contributed by atoms with Gasteiger partial charge in [0.15, 0.2) is 20.2 Å². The number of nitrogens with zero attached hydrogens (tertiary/aromatic N) is 2. The van der Waals surface area contributed by atoms with Crippen molar-refractivity contribution in [1.82, 2.24) is 9.13 Å². The molecule has 0 aromatic carbocycles. The quantitative estimate of drug-likeness (QED) is 0.599. The third kappa shape index (κ3) is 3.30. The molecule has 1 radical (unpaired) electrons. The Balaban J connectivity index is 2.46. The van der Waals surface area contributed by atoms with Crippen molar-refractivity contribution < 1.29 is 4.43 Å². The van der Waals surface area contributed by atoms with Crippen molar-refractivity contribution >= 4 is 45.0 Å². The molecule has 1 aliphatic rings. The van der Waals surface area contributed by atoms with E-state index in [1.54, 1.807) is 0 Å². The summed E-state index contributed by atoms with van der Waals surface area (Å²) >= 11 is 12.7. The summed E-state index contributed by atoms with van der Waals surface area (Å²) in [6, 6.07) is 1.38. The van der Waals surface area contributed by atoms with E-state index in [1.165, 1.54) is 15.2 Å². The van der Waals surface area contributed by atoms with Gasteiger partial charge in [0.05, 0.1) is 12.2 Å². The monoisotopic (exact) mass is 367 g/mol. The fourth-order valence-corrected chi connectivity index (χ4v) is 8.57. The molecular weight excluding hydrogens is 351 g/mol. The number of halogens is 2. The second kappa shape index (κ2) is 5.16. The van der Waals surface area contributed by atoms with Crippen molar-refractivity contribution in [3.63, 3.8) is 0 Å². The maximum atomic E-state index is 12.4. The molecule has 1 aromatic heterocycles. The lowest BCUT2D eigenvalue weighted by Crippen LogP contribution is -2.47. The standard InChI is InChI=1S/C10H17Cl2N2O3Si3/c1-19(2,11)7-14-8(15)5-9-13(10(14)16)6-18(17-9)20(3,4)12/h5H,6-7H2,1-4H3. The van der Waals surface area contributed by atoms with Gasteiger partial charge in [0.25, 0.3) is 5.56 Å². The highest BCUT2D eigenvalue weighted by Crippen LogP contribution is 2.23. The molecule has 111 valence electrons. The minimum atomic E-state index is -2.08. The molecule has 0 saturated heterocycles. The molecule has 1 aromatic rings. The molecule has 5 nitrogen and oxygen atoms in total. The van der Waals surface area contributed by atoms with E-state index in [0.717, 1.165) is 0 Å². The predicted molar refractivity (Wildman–Crippen MR) is 88.0 cm³/mol. The van der Waals surface area contributed by atoms with Gasteiger partial charge >= 0.3 is 14.2 Å². The van der Waals surface area contributed by atoms with Crippen LogP contribution in [0.3, 0.4) is 0 Å². The van der Waals surface area contributed by atoms with Crippen molar-refractivity contribution in [1.29, 1.82) is 0 Å². The summed E-state index contributed by atoms with van der Waals surface area (Å²) in [6.07, 6.45) is 0.808. The van der Waals surface area contributed by atoms with Gasteiger partial charge in [0.2, 0.25) is 0 Å². The van der Waals surface area contributed by atoms with Gasteiger partial charge in [-0.15, -0.1) is 0 Å². The molecule has 0 unspecified atom stereocenters. The lowest BCUT2D eigenvalue weighted by molar-refractivity contribution is 0.550. The van der Waals surface area contributed by atoms with Gasteiger partial charge in [-0.05, 0) is 0 Å². The molecule has 0 saturated carbocycles. The van der Waals surface area contributed by atoms with Crippen molar-refractivity contribution in [2.75, 3.05) is 0 Å².